The number of nitrogens with zero attached hydrogens (tertiary/aromatic N) is 1. The molecule has 0 spiro atoms. The predicted octanol–water partition coefficient (Wildman–Crippen LogP) is 4.56. The van der Waals surface area contributed by atoms with Crippen LogP contribution in [0.15, 0.2) is 46.9 Å². The van der Waals surface area contributed by atoms with Gasteiger partial charge in [0.1, 0.15) is 17.6 Å². The largest absolute Gasteiger partial charge is 0.483 e. The Labute approximate surface area is 183 Å². The molecule has 0 saturated carbocycles. The number of carbonyl (C=O) groups is 2. The second-order valence-corrected chi connectivity index (χ2v) is 8.11. The number of ether oxygens (including phenoxy) is 1. The second kappa shape index (κ2) is 10.6. The topological polar surface area (TPSA) is 58.6 Å². The molecule has 0 fully saturated rings. The summed E-state index contributed by atoms with van der Waals surface area (Å²) >= 11 is 9.24. The molecule has 0 bridgehead atoms. The van der Waals surface area contributed by atoms with Gasteiger partial charge in [0, 0.05) is 23.2 Å². The molecule has 0 aliphatic heterocycles. The molecule has 2 aromatic rings. The van der Waals surface area contributed by atoms with Crippen LogP contribution in [0, 0.1) is 5.82 Å². The van der Waals surface area contributed by atoms with Gasteiger partial charge < -0.3 is 15.0 Å². The highest BCUT2D eigenvalue weighted by Gasteiger charge is 2.27. The van der Waals surface area contributed by atoms with Crippen LogP contribution in [0.2, 0.25) is 5.02 Å². The van der Waals surface area contributed by atoms with E-state index in [0.717, 1.165) is 0 Å². The number of hydrogen-bond donors (Lipinski definition) is 1. The summed E-state index contributed by atoms with van der Waals surface area (Å²) in [5.74, 6) is -0.769. The number of nitrogens with one attached hydrogen (secondary N) is 1. The van der Waals surface area contributed by atoms with Gasteiger partial charge in [-0.25, -0.2) is 4.39 Å². The summed E-state index contributed by atoms with van der Waals surface area (Å²) < 4.78 is 20.3. The van der Waals surface area contributed by atoms with Crippen molar-refractivity contribution in [1.29, 1.82) is 0 Å². The Morgan fingerprint density at radius 1 is 1.21 bits per heavy atom. The van der Waals surface area contributed by atoms with Gasteiger partial charge in [0.15, 0.2) is 6.61 Å². The Morgan fingerprint density at radius 3 is 2.52 bits per heavy atom. The van der Waals surface area contributed by atoms with Gasteiger partial charge in [-0.2, -0.15) is 0 Å². The van der Waals surface area contributed by atoms with Gasteiger partial charge >= 0.3 is 0 Å². The summed E-state index contributed by atoms with van der Waals surface area (Å²) in [5, 5.41) is 3.30. The summed E-state index contributed by atoms with van der Waals surface area (Å²) in [4.78, 5) is 26.7. The van der Waals surface area contributed by atoms with Crippen molar-refractivity contribution in [2.75, 3.05) is 6.61 Å². The summed E-state index contributed by atoms with van der Waals surface area (Å²) in [6.07, 6.45) is 0. The predicted molar refractivity (Wildman–Crippen MR) is 114 cm³/mol. The third kappa shape index (κ3) is 6.72. The van der Waals surface area contributed by atoms with Crippen molar-refractivity contribution in [3.8, 4) is 5.75 Å². The minimum absolute atomic E-state index is 0.0522. The lowest BCUT2D eigenvalue weighted by Gasteiger charge is -2.29. The highest BCUT2D eigenvalue weighted by Crippen LogP contribution is 2.28. The first-order chi connectivity index (χ1) is 13.7. The van der Waals surface area contributed by atoms with Crippen molar-refractivity contribution in [1.82, 2.24) is 10.2 Å². The Kier molecular flexibility index (Phi) is 8.46. The molecule has 0 aliphatic carbocycles. The number of carbonyl (C=O) groups excluding carboxylic acids is 2. The third-order valence-electron chi connectivity index (χ3n) is 4.14. The fourth-order valence-corrected chi connectivity index (χ4v) is 3.41. The number of rotatable bonds is 8. The Hall–Kier alpha value is -2.12. The number of hydrogen-bond acceptors (Lipinski definition) is 3. The molecular formula is C21H23BrClFN2O3. The second-order valence-electron chi connectivity index (χ2n) is 6.82. The van der Waals surface area contributed by atoms with Crippen molar-refractivity contribution in [2.24, 2.45) is 0 Å². The summed E-state index contributed by atoms with van der Waals surface area (Å²) in [7, 11) is 0. The Balaban J connectivity index is 2.19. The molecular weight excluding hydrogens is 463 g/mol. The van der Waals surface area contributed by atoms with Crippen molar-refractivity contribution in [2.45, 2.75) is 39.4 Å². The van der Waals surface area contributed by atoms with E-state index in [2.05, 4.69) is 21.2 Å². The molecule has 156 valence electrons. The lowest BCUT2D eigenvalue weighted by molar-refractivity contribution is -0.142. The van der Waals surface area contributed by atoms with Crippen molar-refractivity contribution in [3.63, 3.8) is 0 Å². The van der Waals surface area contributed by atoms with Crippen LogP contribution >= 0.6 is 27.5 Å². The average Bonchev–Trinajstić information content (AvgIpc) is 2.65. The number of halogens is 3. The van der Waals surface area contributed by atoms with E-state index in [9.17, 15) is 14.0 Å². The van der Waals surface area contributed by atoms with Crippen molar-refractivity contribution >= 4 is 39.3 Å². The van der Waals surface area contributed by atoms with Gasteiger partial charge in [0.05, 0.1) is 4.47 Å². The standard InChI is InChI=1S/C21H23BrClFN2O3/c1-13(2)25-21(28)14(3)26(11-15-6-4-5-7-18(15)24)20(27)12-29-19-9-8-16(23)10-17(19)22/h4-10,13-14H,11-12H2,1-3H3,(H,25,28). The van der Waals surface area contributed by atoms with Crippen molar-refractivity contribution < 1.29 is 18.7 Å². The molecule has 5 nitrogen and oxygen atoms in total. The van der Waals surface area contributed by atoms with E-state index in [1.54, 1.807) is 43.3 Å². The molecule has 0 saturated heterocycles. The normalized spacial score (nSPS) is 11.8. The molecule has 8 heteroatoms. The average molecular weight is 486 g/mol. The zero-order valence-electron chi connectivity index (χ0n) is 16.4. The zero-order chi connectivity index (χ0) is 21.6. The van der Waals surface area contributed by atoms with E-state index in [-0.39, 0.29) is 25.1 Å². The summed E-state index contributed by atoms with van der Waals surface area (Å²) in [6, 6.07) is 10.2. The molecule has 2 aromatic carbocycles. The molecule has 29 heavy (non-hydrogen) atoms. The fourth-order valence-electron chi connectivity index (χ4n) is 2.61. The minimum atomic E-state index is -0.804. The van der Waals surface area contributed by atoms with E-state index in [0.29, 0.717) is 20.8 Å². The molecule has 0 heterocycles. The highest BCUT2D eigenvalue weighted by atomic mass is 79.9. The Bertz CT molecular complexity index is 879. The van der Waals surface area contributed by atoms with Gasteiger partial charge in [-0.1, -0.05) is 29.8 Å². The quantitative estimate of drug-likeness (QED) is 0.596. The van der Waals surface area contributed by atoms with Crippen LogP contribution < -0.4 is 10.1 Å². The Morgan fingerprint density at radius 2 is 1.90 bits per heavy atom. The maximum absolute atomic E-state index is 14.1. The van der Waals surface area contributed by atoms with E-state index in [4.69, 9.17) is 16.3 Å². The summed E-state index contributed by atoms with van der Waals surface area (Å²) in [6.45, 7) is 4.90. The maximum atomic E-state index is 14.1. The monoisotopic (exact) mass is 484 g/mol. The lowest BCUT2D eigenvalue weighted by Crippen LogP contribution is -2.50. The number of benzene rings is 2. The van der Waals surface area contributed by atoms with Gasteiger partial charge in [-0.05, 0) is 61.0 Å². The maximum Gasteiger partial charge on any atom is 0.261 e. The molecule has 2 amide bonds. The van der Waals surface area contributed by atoms with Crippen LogP contribution in [-0.2, 0) is 16.1 Å². The molecule has 0 radical (unpaired) electrons. The smallest absolute Gasteiger partial charge is 0.261 e. The van der Waals surface area contributed by atoms with Gasteiger partial charge in [-0.15, -0.1) is 0 Å². The lowest BCUT2D eigenvalue weighted by atomic mass is 10.1. The van der Waals surface area contributed by atoms with Crippen molar-refractivity contribution in [3.05, 3.63) is 63.3 Å². The highest BCUT2D eigenvalue weighted by molar-refractivity contribution is 9.10. The molecule has 2 rings (SSSR count). The molecule has 0 aliphatic rings. The molecule has 1 N–H and O–H groups in total. The van der Waals surface area contributed by atoms with Crippen LogP contribution in [-0.4, -0.2) is 35.4 Å². The summed E-state index contributed by atoms with van der Waals surface area (Å²) in [5.41, 5.74) is 0.317. The fraction of sp³-hybridized carbons (Fsp3) is 0.333. The number of amides is 2. The first-order valence-electron chi connectivity index (χ1n) is 9.10. The molecule has 0 aromatic heterocycles. The van der Waals surface area contributed by atoms with Gasteiger partial charge in [0.25, 0.3) is 5.91 Å². The molecule has 1 atom stereocenters. The third-order valence-corrected chi connectivity index (χ3v) is 5.00. The van der Waals surface area contributed by atoms with Crippen LogP contribution in [0.25, 0.3) is 0 Å². The van der Waals surface area contributed by atoms with Gasteiger partial charge in [-0.3, -0.25) is 9.59 Å². The van der Waals surface area contributed by atoms with Crippen LogP contribution in [0.1, 0.15) is 26.3 Å². The zero-order valence-corrected chi connectivity index (χ0v) is 18.8. The van der Waals surface area contributed by atoms with Crippen LogP contribution in [0.5, 0.6) is 5.75 Å². The van der Waals surface area contributed by atoms with E-state index in [1.807, 2.05) is 13.8 Å². The minimum Gasteiger partial charge on any atom is -0.483 e. The van der Waals surface area contributed by atoms with Gasteiger partial charge in [0.2, 0.25) is 5.91 Å². The van der Waals surface area contributed by atoms with E-state index >= 15 is 0 Å². The SMILES string of the molecule is CC(C)NC(=O)C(C)N(Cc1ccccc1F)C(=O)COc1ccc(Cl)cc1Br. The van der Waals surface area contributed by atoms with Crippen LogP contribution in [0.4, 0.5) is 4.39 Å². The first-order valence-corrected chi connectivity index (χ1v) is 10.3. The van der Waals surface area contributed by atoms with E-state index < -0.39 is 17.8 Å². The van der Waals surface area contributed by atoms with E-state index in [1.165, 1.54) is 11.0 Å². The first kappa shape index (κ1) is 23.2. The van der Waals surface area contributed by atoms with Crippen LogP contribution in [0.3, 0.4) is 0 Å². The molecule has 1 unspecified atom stereocenters.